The smallest absolute Gasteiger partial charge is 0.293 e. The predicted octanol–water partition coefficient (Wildman–Crippen LogP) is 5.25. The third-order valence-corrected chi connectivity index (χ3v) is 5.55. The molecule has 3 aromatic rings. The van der Waals surface area contributed by atoms with Crippen LogP contribution in [0.3, 0.4) is 0 Å². The van der Waals surface area contributed by atoms with Gasteiger partial charge in [-0.1, -0.05) is 12.1 Å². The minimum absolute atomic E-state index is 0.0415. The number of rotatable bonds is 8. The Kier molecular flexibility index (Phi) is 6.30. The van der Waals surface area contributed by atoms with Crippen LogP contribution in [0.5, 0.6) is 0 Å². The Bertz CT molecular complexity index is 1190. The van der Waals surface area contributed by atoms with E-state index in [1.165, 1.54) is 29.2 Å². The van der Waals surface area contributed by atoms with Gasteiger partial charge in [0.25, 0.3) is 11.6 Å². The van der Waals surface area contributed by atoms with Gasteiger partial charge in [-0.05, 0) is 50.1 Å². The Labute approximate surface area is 189 Å². The predicted molar refractivity (Wildman–Crippen MR) is 119 cm³/mol. The molecule has 0 radical (unpaired) electrons. The fourth-order valence-electron chi connectivity index (χ4n) is 3.63. The van der Waals surface area contributed by atoms with Crippen LogP contribution < -0.4 is 5.32 Å². The lowest BCUT2D eigenvalue weighted by atomic mass is 10.1. The minimum atomic E-state index is -0.734. The number of halogens is 2. The molecule has 170 valence electrons. The van der Waals surface area contributed by atoms with Gasteiger partial charge in [0.2, 0.25) is 0 Å². The van der Waals surface area contributed by atoms with E-state index < -0.39 is 22.5 Å². The molecule has 9 heteroatoms. The number of aromatic nitrogens is 1. The summed E-state index contributed by atoms with van der Waals surface area (Å²) in [5.41, 5.74) is 1.05. The molecule has 0 bridgehead atoms. The van der Waals surface area contributed by atoms with E-state index in [1.54, 1.807) is 12.3 Å². The lowest BCUT2D eigenvalue weighted by Gasteiger charge is -2.23. The normalized spacial score (nSPS) is 13.9. The Balaban J connectivity index is 1.58. The molecule has 0 spiro atoms. The number of nitro benzene ring substituents is 1. The molecule has 1 atom stereocenters. The molecule has 2 aromatic carbocycles. The number of hydrogen-bond donors (Lipinski definition) is 1. The molecule has 1 unspecified atom stereocenters. The van der Waals surface area contributed by atoms with Crippen molar-refractivity contribution in [3.63, 3.8) is 0 Å². The van der Waals surface area contributed by atoms with Crippen molar-refractivity contribution in [2.75, 3.05) is 5.32 Å². The second-order valence-corrected chi connectivity index (χ2v) is 8.01. The highest BCUT2D eigenvalue weighted by Gasteiger charge is 2.34. The number of nitrogens with one attached hydrogen (secondary N) is 1. The number of nitro groups is 1. The molecule has 4 rings (SSSR count). The van der Waals surface area contributed by atoms with Crippen molar-refractivity contribution < 1.29 is 18.5 Å². The molecule has 1 heterocycles. The summed E-state index contributed by atoms with van der Waals surface area (Å²) < 4.78 is 27.4. The average Bonchev–Trinajstić information content (AvgIpc) is 3.64. The highest BCUT2D eigenvalue weighted by Crippen LogP contribution is 2.33. The van der Waals surface area contributed by atoms with Crippen LogP contribution in [0, 0.1) is 21.7 Å². The average molecular weight is 452 g/mol. The van der Waals surface area contributed by atoms with E-state index in [0.29, 0.717) is 5.69 Å². The lowest BCUT2D eigenvalue weighted by molar-refractivity contribution is -0.384. The Morgan fingerprint density at radius 3 is 2.64 bits per heavy atom. The van der Waals surface area contributed by atoms with Gasteiger partial charge < -0.3 is 10.2 Å². The zero-order valence-electron chi connectivity index (χ0n) is 17.9. The second-order valence-electron chi connectivity index (χ2n) is 8.01. The molecule has 1 aliphatic rings. The molecule has 1 N–H and O–H groups in total. The van der Waals surface area contributed by atoms with Crippen molar-refractivity contribution >= 4 is 17.3 Å². The SMILES string of the molecule is CC(Nc1ccc(C(=O)N(Cc2ccc(F)cc2F)C2CC2)cc1[N+](=O)[O-])c1ccccn1. The zero-order chi connectivity index (χ0) is 23.5. The van der Waals surface area contributed by atoms with Crippen molar-refractivity contribution in [3.8, 4) is 0 Å². The van der Waals surface area contributed by atoms with E-state index in [2.05, 4.69) is 10.3 Å². The molecule has 7 nitrogen and oxygen atoms in total. The van der Waals surface area contributed by atoms with Gasteiger partial charge in [-0.25, -0.2) is 8.78 Å². The van der Waals surface area contributed by atoms with Gasteiger partial charge in [0.15, 0.2) is 0 Å². The topological polar surface area (TPSA) is 88.4 Å². The summed E-state index contributed by atoms with van der Waals surface area (Å²) in [5, 5.41) is 14.8. The van der Waals surface area contributed by atoms with Gasteiger partial charge in [-0.2, -0.15) is 0 Å². The first-order valence-electron chi connectivity index (χ1n) is 10.5. The van der Waals surface area contributed by atoms with E-state index in [4.69, 9.17) is 0 Å². The maximum atomic E-state index is 14.2. The van der Waals surface area contributed by atoms with Crippen molar-refractivity contribution in [3.05, 3.63) is 99.4 Å². The number of amides is 1. The summed E-state index contributed by atoms with van der Waals surface area (Å²) in [6.45, 7) is 1.79. The lowest BCUT2D eigenvalue weighted by Crippen LogP contribution is -2.33. The van der Waals surface area contributed by atoms with Crippen LogP contribution >= 0.6 is 0 Å². The van der Waals surface area contributed by atoms with Gasteiger partial charge in [0, 0.05) is 42.0 Å². The van der Waals surface area contributed by atoms with Gasteiger partial charge >= 0.3 is 0 Å². The summed E-state index contributed by atoms with van der Waals surface area (Å²) in [5.74, 6) is -1.87. The van der Waals surface area contributed by atoms with Crippen LogP contribution in [-0.2, 0) is 6.54 Å². The molecule has 33 heavy (non-hydrogen) atoms. The number of carbonyl (C=O) groups excluding carboxylic acids is 1. The number of benzene rings is 2. The number of pyridine rings is 1. The highest BCUT2D eigenvalue weighted by atomic mass is 19.1. The zero-order valence-corrected chi connectivity index (χ0v) is 17.9. The second kappa shape index (κ2) is 9.32. The van der Waals surface area contributed by atoms with Crippen LogP contribution in [0.15, 0.2) is 60.8 Å². The van der Waals surface area contributed by atoms with Crippen molar-refractivity contribution in [2.45, 2.75) is 38.4 Å². The third-order valence-electron chi connectivity index (χ3n) is 5.55. The maximum absolute atomic E-state index is 14.2. The van der Waals surface area contributed by atoms with E-state index in [-0.39, 0.29) is 41.1 Å². The molecule has 1 amide bonds. The monoisotopic (exact) mass is 452 g/mol. The van der Waals surface area contributed by atoms with E-state index in [1.807, 2.05) is 19.1 Å². The number of nitrogens with zero attached hydrogens (tertiary/aromatic N) is 3. The van der Waals surface area contributed by atoms with Crippen LogP contribution in [-0.4, -0.2) is 26.8 Å². The Morgan fingerprint density at radius 2 is 2.00 bits per heavy atom. The standard InChI is InChI=1S/C24H22F2N4O3/c1-15(21-4-2-3-11-27-21)28-22-10-6-16(12-23(22)30(32)33)24(31)29(19-8-9-19)14-17-5-7-18(25)13-20(17)26/h2-7,10-13,15,19,28H,8-9,14H2,1H3. The summed E-state index contributed by atoms with van der Waals surface area (Å²) >= 11 is 0. The highest BCUT2D eigenvalue weighted by molar-refractivity contribution is 5.96. The molecule has 1 fully saturated rings. The number of carbonyl (C=O) groups is 1. The number of anilines is 1. The third kappa shape index (κ3) is 5.14. The first-order chi connectivity index (χ1) is 15.8. The molecule has 0 saturated heterocycles. The Hall–Kier alpha value is -3.88. The van der Waals surface area contributed by atoms with Gasteiger partial charge in [-0.15, -0.1) is 0 Å². The molecule has 1 saturated carbocycles. The summed E-state index contributed by atoms with van der Waals surface area (Å²) in [6.07, 6.45) is 3.16. The Morgan fingerprint density at radius 1 is 1.21 bits per heavy atom. The van der Waals surface area contributed by atoms with Crippen LogP contribution in [0.4, 0.5) is 20.2 Å². The molecular weight excluding hydrogens is 430 g/mol. The molecular formula is C24H22F2N4O3. The summed E-state index contributed by atoms with van der Waals surface area (Å²) in [7, 11) is 0. The first kappa shape index (κ1) is 22.3. The van der Waals surface area contributed by atoms with Crippen LogP contribution in [0.2, 0.25) is 0 Å². The van der Waals surface area contributed by atoms with Crippen molar-refractivity contribution in [2.24, 2.45) is 0 Å². The maximum Gasteiger partial charge on any atom is 0.293 e. The van der Waals surface area contributed by atoms with E-state index in [9.17, 15) is 23.7 Å². The van der Waals surface area contributed by atoms with Crippen molar-refractivity contribution in [1.29, 1.82) is 0 Å². The fraction of sp³-hybridized carbons (Fsp3) is 0.250. The molecule has 1 aromatic heterocycles. The largest absolute Gasteiger partial charge is 0.371 e. The minimum Gasteiger partial charge on any atom is -0.371 e. The summed E-state index contributed by atoms with van der Waals surface area (Å²) in [6, 6.07) is 12.5. The van der Waals surface area contributed by atoms with Crippen LogP contribution in [0.25, 0.3) is 0 Å². The van der Waals surface area contributed by atoms with E-state index in [0.717, 1.165) is 25.0 Å². The quantitative estimate of drug-likeness (QED) is 0.373. The van der Waals surface area contributed by atoms with Gasteiger partial charge in [0.05, 0.1) is 16.7 Å². The molecule has 1 aliphatic carbocycles. The van der Waals surface area contributed by atoms with Crippen molar-refractivity contribution in [1.82, 2.24) is 9.88 Å². The summed E-state index contributed by atoms with van der Waals surface area (Å²) in [4.78, 5) is 30.1. The van der Waals surface area contributed by atoms with Gasteiger partial charge in [-0.3, -0.25) is 19.9 Å². The van der Waals surface area contributed by atoms with E-state index >= 15 is 0 Å². The van der Waals surface area contributed by atoms with Gasteiger partial charge in [0.1, 0.15) is 17.3 Å². The first-order valence-corrected chi connectivity index (χ1v) is 10.5. The number of hydrogen-bond acceptors (Lipinski definition) is 5. The van der Waals surface area contributed by atoms with Crippen LogP contribution in [0.1, 0.15) is 47.4 Å². The fourth-order valence-corrected chi connectivity index (χ4v) is 3.63. The molecule has 0 aliphatic heterocycles.